The molecule has 0 heterocycles. The van der Waals surface area contributed by atoms with E-state index in [2.05, 4.69) is 72.4 Å². The number of hydrogen-bond donors (Lipinski definition) is 1. The lowest BCUT2D eigenvalue weighted by Gasteiger charge is -2.18. The molecule has 2 aromatic rings. The van der Waals surface area contributed by atoms with E-state index in [-0.39, 0.29) is 5.91 Å². The van der Waals surface area contributed by atoms with Crippen molar-refractivity contribution in [2.24, 2.45) is 0 Å². The van der Waals surface area contributed by atoms with Crippen molar-refractivity contribution in [3.8, 4) is 0 Å². The van der Waals surface area contributed by atoms with Gasteiger partial charge in [0.2, 0.25) is 0 Å². The summed E-state index contributed by atoms with van der Waals surface area (Å²) in [4.78, 5) is 16.9. The summed E-state index contributed by atoms with van der Waals surface area (Å²) in [7, 11) is 2.11. The number of nitrogens with one attached hydrogen (secondary N) is 1. The van der Waals surface area contributed by atoms with E-state index in [4.69, 9.17) is 0 Å². The summed E-state index contributed by atoms with van der Waals surface area (Å²) in [5.41, 5.74) is 3.29. The van der Waals surface area contributed by atoms with Gasteiger partial charge in [0.05, 0.1) is 0 Å². The van der Waals surface area contributed by atoms with Crippen LogP contribution >= 0.6 is 0 Å². The van der Waals surface area contributed by atoms with Crippen LogP contribution in [0.2, 0.25) is 0 Å². The molecule has 0 saturated carbocycles. The van der Waals surface area contributed by atoms with Crippen LogP contribution in [-0.4, -0.2) is 48.9 Å². The fraction of sp³-hybridized carbons (Fsp3) is 0.435. The van der Waals surface area contributed by atoms with Gasteiger partial charge in [-0.1, -0.05) is 56.3 Å². The van der Waals surface area contributed by atoms with Crippen molar-refractivity contribution in [2.75, 3.05) is 33.2 Å². The fourth-order valence-corrected chi connectivity index (χ4v) is 3.09. The maximum Gasteiger partial charge on any atom is 0.251 e. The van der Waals surface area contributed by atoms with Gasteiger partial charge in [0, 0.05) is 25.2 Å². The summed E-state index contributed by atoms with van der Waals surface area (Å²) in [6.07, 6.45) is 0.940. The van der Waals surface area contributed by atoms with E-state index < -0.39 is 0 Å². The molecule has 2 rings (SSSR count). The van der Waals surface area contributed by atoms with E-state index in [1.807, 2.05) is 18.2 Å². The van der Waals surface area contributed by atoms with Gasteiger partial charge in [-0.3, -0.25) is 9.69 Å². The number of carbonyl (C=O) groups excluding carboxylic acids is 1. The molecular weight excluding hydrogens is 334 g/mol. The van der Waals surface area contributed by atoms with Crippen molar-refractivity contribution in [1.29, 1.82) is 0 Å². The first kappa shape index (κ1) is 21.1. The van der Waals surface area contributed by atoms with Crippen LogP contribution < -0.4 is 5.32 Å². The van der Waals surface area contributed by atoms with E-state index >= 15 is 0 Å². The maximum absolute atomic E-state index is 12.3. The van der Waals surface area contributed by atoms with Crippen molar-refractivity contribution >= 4 is 5.91 Å². The number of amides is 1. The molecule has 1 N–H and O–H groups in total. The van der Waals surface area contributed by atoms with Crippen molar-refractivity contribution in [1.82, 2.24) is 15.1 Å². The van der Waals surface area contributed by atoms with Crippen LogP contribution in [0.1, 0.15) is 41.8 Å². The van der Waals surface area contributed by atoms with Gasteiger partial charge in [-0.05, 0) is 56.4 Å². The zero-order valence-electron chi connectivity index (χ0n) is 16.9. The Balaban J connectivity index is 1.69. The van der Waals surface area contributed by atoms with Gasteiger partial charge in [-0.25, -0.2) is 0 Å². The minimum Gasteiger partial charge on any atom is -0.352 e. The average Bonchev–Trinajstić information content (AvgIpc) is 2.70. The molecule has 0 aliphatic carbocycles. The van der Waals surface area contributed by atoms with Crippen LogP contribution in [0.25, 0.3) is 0 Å². The molecule has 0 spiro atoms. The highest BCUT2D eigenvalue weighted by Crippen LogP contribution is 2.08. The van der Waals surface area contributed by atoms with Crippen LogP contribution in [0, 0.1) is 0 Å². The van der Waals surface area contributed by atoms with E-state index in [9.17, 15) is 4.79 Å². The first-order chi connectivity index (χ1) is 13.1. The van der Waals surface area contributed by atoms with Crippen LogP contribution in [0.5, 0.6) is 0 Å². The van der Waals surface area contributed by atoms with Gasteiger partial charge < -0.3 is 10.2 Å². The Hall–Kier alpha value is -2.17. The molecule has 4 nitrogen and oxygen atoms in total. The molecule has 146 valence electrons. The molecule has 4 heteroatoms. The molecule has 0 radical (unpaired) electrons. The van der Waals surface area contributed by atoms with Crippen LogP contribution in [-0.2, 0) is 13.1 Å². The highest BCUT2D eigenvalue weighted by molar-refractivity contribution is 5.94. The van der Waals surface area contributed by atoms with Crippen LogP contribution in [0.15, 0.2) is 54.6 Å². The third kappa shape index (κ3) is 7.53. The molecule has 0 bridgehead atoms. The third-order valence-electron chi connectivity index (χ3n) is 4.81. The lowest BCUT2D eigenvalue weighted by atomic mass is 10.1. The maximum atomic E-state index is 12.3. The van der Waals surface area contributed by atoms with Gasteiger partial charge in [-0.2, -0.15) is 0 Å². The number of benzene rings is 2. The number of carbonyl (C=O) groups is 1. The number of hydrogen-bond acceptors (Lipinski definition) is 3. The molecule has 0 atom stereocenters. The van der Waals surface area contributed by atoms with E-state index in [1.165, 1.54) is 11.1 Å². The second-order valence-corrected chi connectivity index (χ2v) is 6.99. The van der Waals surface area contributed by atoms with Crippen LogP contribution in [0.4, 0.5) is 0 Å². The normalized spacial score (nSPS) is 11.1. The van der Waals surface area contributed by atoms with E-state index in [0.717, 1.165) is 44.7 Å². The molecule has 0 aliphatic rings. The fourth-order valence-electron chi connectivity index (χ4n) is 3.09. The molecule has 0 aromatic heterocycles. The molecule has 1 amide bonds. The smallest absolute Gasteiger partial charge is 0.251 e. The third-order valence-corrected chi connectivity index (χ3v) is 4.81. The lowest BCUT2D eigenvalue weighted by Crippen LogP contribution is -2.28. The Morgan fingerprint density at radius 1 is 0.889 bits per heavy atom. The largest absolute Gasteiger partial charge is 0.352 e. The topological polar surface area (TPSA) is 35.6 Å². The van der Waals surface area contributed by atoms with Gasteiger partial charge in [0.1, 0.15) is 0 Å². The summed E-state index contributed by atoms with van der Waals surface area (Å²) in [5, 5.41) is 3.02. The molecule has 0 fully saturated rings. The van der Waals surface area contributed by atoms with E-state index in [1.54, 1.807) is 0 Å². The van der Waals surface area contributed by atoms with Crippen LogP contribution in [0.3, 0.4) is 0 Å². The molecule has 27 heavy (non-hydrogen) atoms. The van der Waals surface area contributed by atoms with Crippen molar-refractivity contribution < 1.29 is 4.79 Å². The Kier molecular flexibility index (Phi) is 9.02. The molecule has 0 aliphatic heterocycles. The molecule has 0 unspecified atom stereocenters. The first-order valence-electron chi connectivity index (χ1n) is 9.94. The van der Waals surface area contributed by atoms with Gasteiger partial charge in [0.25, 0.3) is 5.91 Å². The second kappa shape index (κ2) is 11.5. The zero-order valence-corrected chi connectivity index (χ0v) is 16.9. The number of nitrogens with zero attached hydrogens (tertiary/aromatic N) is 2. The second-order valence-electron chi connectivity index (χ2n) is 6.99. The Labute approximate surface area is 164 Å². The van der Waals surface area contributed by atoms with E-state index in [0.29, 0.717) is 6.54 Å². The zero-order chi connectivity index (χ0) is 19.5. The molecule has 0 saturated heterocycles. The minimum absolute atomic E-state index is 0.00935. The monoisotopic (exact) mass is 367 g/mol. The van der Waals surface area contributed by atoms with Gasteiger partial charge >= 0.3 is 0 Å². The average molecular weight is 368 g/mol. The standard InChI is InChI=1S/C23H33N3O/c1-4-26(5-2)19-21-12-14-22(15-13-21)23(27)24-16-9-17-25(3)18-20-10-7-6-8-11-20/h6-8,10-15H,4-5,9,16-19H2,1-3H3,(H,24,27). The SMILES string of the molecule is CCN(CC)Cc1ccc(C(=O)NCCCN(C)Cc2ccccc2)cc1. The summed E-state index contributed by atoms with van der Waals surface area (Å²) in [6, 6.07) is 18.4. The summed E-state index contributed by atoms with van der Waals surface area (Å²) >= 11 is 0. The van der Waals surface area contributed by atoms with Crippen molar-refractivity contribution in [2.45, 2.75) is 33.4 Å². The van der Waals surface area contributed by atoms with Crippen molar-refractivity contribution in [3.05, 3.63) is 71.3 Å². The predicted octanol–water partition coefficient (Wildman–Crippen LogP) is 3.78. The summed E-state index contributed by atoms with van der Waals surface area (Å²) < 4.78 is 0. The summed E-state index contributed by atoms with van der Waals surface area (Å²) in [5.74, 6) is 0.00935. The predicted molar refractivity (Wildman–Crippen MR) is 113 cm³/mol. The van der Waals surface area contributed by atoms with Crippen molar-refractivity contribution in [3.63, 3.8) is 0 Å². The highest BCUT2D eigenvalue weighted by atomic mass is 16.1. The Bertz CT molecular complexity index is 666. The highest BCUT2D eigenvalue weighted by Gasteiger charge is 2.07. The molecular formula is C23H33N3O. The summed E-state index contributed by atoms with van der Waals surface area (Å²) in [6.45, 7) is 9.93. The minimum atomic E-state index is 0.00935. The Morgan fingerprint density at radius 3 is 2.15 bits per heavy atom. The first-order valence-corrected chi connectivity index (χ1v) is 9.94. The quantitative estimate of drug-likeness (QED) is 0.614. The number of rotatable bonds is 11. The lowest BCUT2D eigenvalue weighted by molar-refractivity contribution is 0.0952. The Morgan fingerprint density at radius 2 is 1.52 bits per heavy atom. The molecule has 2 aromatic carbocycles. The van der Waals surface area contributed by atoms with Gasteiger partial charge in [0.15, 0.2) is 0 Å². The van der Waals surface area contributed by atoms with Gasteiger partial charge in [-0.15, -0.1) is 0 Å².